The molecule has 9 heavy (non-hydrogen) atoms. The van der Waals surface area contributed by atoms with Gasteiger partial charge in [-0.2, -0.15) is 0 Å². The van der Waals surface area contributed by atoms with Crippen LogP contribution in [-0.4, -0.2) is 12.4 Å². The Morgan fingerprint density at radius 2 is 2.22 bits per heavy atom. The monoisotopic (exact) mass is 128 g/mol. The second-order valence-electron chi connectivity index (χ2n) is 2.63. The number of allylic oxidation sites excluding steroid dienone is 1. The maximum absolute atomic E-state index is 5.31. The van der Waals surface area contributed by atoms with Crippen molar-refractivity contribution in [2.75, 3.05) is 6.61 Å². The van der Waals surface area contributed by atoms with Gasteiger partial charge < -0.3 is 9.47 Å². The third-order valence-electron chi connectivity index (χ3n) is 1.21. The summed E-state index contributed by atoms with van der Waals surface area (Å²) in [6.45, 7) is 6.41. The lowest BCUT2D eigenvalue weighted by Gasteiger charge is -2.29. The Kier molecular flexibility index (Phi) is 1.49. The lowest BCUT2D eigenvalue weighted by Crippen LogP contribution is -2.30. The number of hydrogen-bond acceptors (Lipinski definition) is 2. The lowest BCUT2D eigenvalue weighted by molar-refractivity contribution is -0.195. The van der Waals surface area contributed by atoms with E-state index in [1.54, 1.807) is 0 Å². The zero-order valence-electron chi connectivity index (χ0n) is 6.10. The van der Waals surface area contributed by atoms with Crippen LogP contribution in [0, 0.1) is 0 Å². The third kappa shape index (κ3) is 1.72. The van der Waals surface area contributed by atoms with E-state index in [0.29, 0.717) is 6.61 Å². The first-order chi connectivity index (χ1) is 4.10. The van der Waals surface area contributed by atoms with Gasteiger partial charge in [0.05, 0.1) is 12.4 Å². The highest BCUT2D eigenvalue weighted by molar-refractivity contribution is 4.93. The summed E-state index contributed by atoms with van der Waals surface area (Å²) in [7, 11) is 0. The fourth-order valence-corrected chi connectivity index (χ4v) is 0.819. The Labute approximate surface area is 55.5 Å². The van der Waals surface area contributed by atoms with Crippen molar-refractivity contribution in [2.24, 2.45) is 0 Å². The molecule has 0 aromatic heterocycles. The smallest absolute Gasteiger partial charge is 0.204 e. The van der Waals surface area contributed by atoms with Crippen molar-refractivity contribution >= 4 is 0 Å². The molecule has 1 aliphatic heterocycles. The van der Waals surface area contributed by atoms with Crippen LogP contribution in [-0.2, 0) is 9.47 Å². The Balaban J connectivity index is 2.59. The molecule has 0 fully saturated rings. The van der Waals surface area contributed by atoms with E-state index in [4.69, 9.17) is 9.47 Å². The minimum atomic E-state index is -0.418. The Morgan fingerprint density at radius 3 is 2.56 bits per heavy atom. The average Bonchev–Trinajstić information content (AvgIpc) is 1.60. The Morgan fingerprint density at radius 1 is 1.56 bits per heavy atom. The van der Waals surface area contributed by atoms with Gasteiger partial charge in [-0.15, -0.1) is 0 Å². The molecule has 1 heterocycles. The van der Waals surface area contributed by atoms with Crippen LogP contribution in [0.15, 0.2) is 11.8 Å². The Bertz CT molecular complexity index is 136. The maximum Gasteiger partial charge on any atom is 0.204 e. The van der Waals surface area contributed by atoms with Gasteiger partial charge in [0.2, 0.25) is 5.79 Å². The fraction of sp³-hybridized carbons (Fsp3) is 0.714. The van der Waals surface area contributed by atoms with E-state index in [1.165, 1.54) is 0 Å². The summed E-state index contributed by atoms with van der Waals surface area (Å²) in [4.78, 5) is 0. The highest BCUT2D eigenvalue weighted by Gasteiger charge is 2.22. The highest BCUT2D eigenvalue weighted by Crippen LogP contribution is 2.19. The van der Waals surface area contributed by atoms with E-state index >= 15 is 0 Å². The van der Waals surface area contributed by atoms with Crippen molar-refractivity contribution in [1.82, 2.24) is 0 Å². The van der Waals surface area contributed by atoms with Crippen LogP contribution in [0.3, 0.4) is 0 Å². The molecule has 0 aliphatic carbocycles. The first-order valence-corrected chi connectivity index (χ1v) is 3.10. The van der Waals surface area contributed by atoms with E-state index in [2.05, 4.69) is 0 Å². The first kappa shape index (κ1) is 6.62. The molecular formula is C7H12O2. The molecule has 2 heteroatoms. The van der Waals surface area contributed by atoms with E-state index in [9.17, 15) is 0 Å². The van der Waals surface area contributed by atoms with Gasteiger partial charge in [0, 0.05) is 13.8 Å². The third-order valence-corrected chi connectivity index (χ3v) is 1.21. The molecule has 52 valence electrons. The normalized spacial score (nSPS) is 24.6. The molecule has 0 saturated carbocycles. The van der Waals surface area contributed by atoms with E-state index in [1.807, 2.05) is 26.8 Å². The predicted octanol–water partition coefficient (Wildman–Crippen LogP) is 1.67. The van der Waals surface area contributed by atoms with Crippen molar-refractivity contribution in [1.29, 1.82) is 0 Å². The number of rotatable bonds is 0. The molecule has 0 radical (unpaired) electrons. The molecule has 0 bridgehead atoms. The molecule has 0 atom stereocenters. The SMILES string of the molecule is CC1=CCOC(C)(C)O1. The van der Waals surface area contributed by atoms with Gasteiger partial charge in [0.25, 0.3) is 0 Å². The first-order valence-electron chi connectivity index (χ1n) is 3.10. The van der Waals surface area contributed by atoms with Gasteiger partial charge in [-0.1, -0.05) is 0 Å². The fourth-order valence-electron chi connectivity index (χ4n) is 0.819. The van der Waals surface area contributed by atoms with Crippen LogP contribution < -0.4 is 0 Å². The summed E-state index contributed by atoms with van der Waals surface area (Å²) < 4.78 is 10.5. The van der Waals surface area contributed by atoms with Crippen LogP contribution in [0.25, 0.3) is 0 Å². The predicted molar refractivity (Wildman–Crippen MR) is 34.9 cm³/mol. The van der Waals surface area contributed by atoms with Crippen LogP contribution in [0.2, 0.25) is 0 Å². The molecule has 0 spiro atoms. The molecule has 0 aromatic carbocycles. The summed E-state index contributed by atoms with van der Waals surface area (Å²) >= 11 is 0. The standard InChI is InChI=1S/C7H12O2/c1-6-4-5-8-7(2,3)9-6/h4H,5H2,1-3H3. The topological polar surface area (TPSA) is 18.5 Å². The minimum absolute atomic E-state index is 0.418. The molecule has 0 aromatic rings. The van der Waals surface area contributed by atoms with E-state index < -0.39 is 5.79 Å². The zero-order valence-corrected chi connectivity index (χ0v) is 6.10. The van der Waals surface area contributed by atoms with E-state index in [0.717, 1.165) is 5.76 Å². The highest BCUT2D eigenvalue weighted by atomic mass is 16.7. The van der Waals surface area contributed by atoms with E-state index in [-0.39, 0.29) is 0 Å². The van der Waals surface area contributed by atoms with Crippen LogP contribution in [0.5, 0.6) is 0 Å². The van der Waals surface area contributed by atoms with Gasteiger partial charge in [-0.25, -0.2) is 0 Å². The van der Waals surface area contributed by atoms with Crippen LogP contribution >= 0.6 is 0 Å². The maximum atomic E-state index is 5.31. The van der Waals surface area contributed by atoms with Gasteiger partial charge in [-0.3, -0.25) is 0 Å². The molecule has 0 amide bonds. The molecule has 2 nitrogen and oxygen atoms in total. The van der Waals surface area contributed by atoms with Crippen molar-refractivity contribution in [2.45, 2.75) is 26.6 Å². The van der Waals surface area contributed by atoms with Gasteiger partial charge in [0.1, 0.15) is 0 Å². The van der Waals surface area contributed by atoms with Gasteiger partial charge >= 0.3 is 0 Å². The van der Waals surface area contributed by atoms with Crippen LogP contribution in [0.1, 0.15) is 20.8 Å². The van der Waals surface area contributed by atoms with Crippen LogP contribution in [0.4, 0.5) is 0 Å². The molecule has 1 aliphatic rings. The number of ether oxygens (including phenoxy) is 2. The number of hydrogen-bond donors (Lipinski definition) is 0. The molecular weight excluding hydrogens is 116 g/mol. The summed E-state index contributed by atoms with van der Waals surface area (Å²) in [5.41, 5.74) is 0. The van der Waals surface area contributed by atoms with Gasteiger partial charge in [0.15, 0.2) is 0 Å². The van der Waals surface area contributed by atoms with Crippen molar-refractivity contribution < 1.29 is 9.47 Å². The second-order valence-corrected chi connectivity index (χ2v) is 2.63. The quantitative estimate of drug-likeness (QED) is 0.494. The molecule has 0 saturated heterocycles. The average molecular weight is 128 g/mol. The van der Waals surface area contributed by atoms with Crippen molar-refractivity contribution in [3.63, 3.8) is 0 Å². The molecule has 1 rings (SSSR count). The summed E-state index contributed by atoms with van der Waals surface area (Å²) in [6.07, 6.45) is 1.92. The zero-order chi connectivity index (χ0) is 6.91. The largest absolute Gasteiger partial charge is 0.468 e. The van der Waals surface area contributed by atoms with Crippen molar-refractivity contribution in [3.05, 3.63) is 11.8 Å². The lowest BCUT2D eigenvalue weighted by atomic mass is 10.3. The molecule has 0 unspecified atom stereocenters. The second kappa shape index (κ2) is 2.03. The summed E-state index contributed by atoms with van der Waals surface area (Å²) in [5.74, 6) is 0.532. The van der Waals surface area contributed by atoms with Gasteiger partial charge in [-0.05, 0) is 13.0 Å². The Hall–Kier alpha value is -0.500. The molecule has 0 N–H and O–H groups in total. The van der Waals surface area contributed by atoms with Crippen molar-refractivity contribution in [3.8, 4) is 0 Å². The summed E-state index contributed by atoms with van der Waals surface area (Å²) in [5, 5.41) is 0. The minimum Gasteiger partial charge on any atom is -0.468 e. The summed E-state index contributed by atoms with van der Waals surface area (Å²) in [6, 6.07) is 0.